The van der Waals surface area contributed by atoms with Gasteiger partial charge in [0, 0.05) is 0 Å². The van der Waals surface area contributed by atoms with Crippen LogP contribution in [0.5, 0.6) is 5.88 Å². The van der Waals surface area contributed by atoms with Crippen molar-refractivity contribution in [3.05, 3.63) is 17.1 Å². The van der Waals surface area contributed by atoms with Crippen LogP contribution >= 0.6 is 0 Å². The van der Waals surface area contributed by atoms with Crippen molar-refractivity contribution in [3.8, 4) is 5.88 Å². The third kappa shape index (κ3) is 2.01. The quantitative estimate of drug-likeness (QED) is 0.781. The summed E-state index contributed by atoms with van der Waals surface area (Å²) in [6.45, 7) is 1.03. The number of nitrogens with two attached hydrogens (primary N) is 1. The van der Waals surface area contributed by atoms with Gasteiger partial charge in [-0.05, 0) is 0 Å². The van der Waals surface area contributed by atoms with Crippen molar-refractivity contribution in [2.75, 3.05) is 14.2 Å². The number of carbonyl (C=O) groups excluding carboxylic acids is 1. The van der Waals surface area contributed by atoms with E-state index in [4.69, 9.17) is 10.5 Å². The van der Waals surface area contributed by atoms with Gasteiger partial charge < -0.3 is 15.2 Å². The second-order valence-corrected chi connectivity index (χ2v) is 3.60. The first-order valence-electron chi connectivity index (χ1n) is 5.15. The summed E-state index contributed by atoms with van der Waals surface area (Å²) in [6, 6.07) is 0. The molecule has 1 aromatic heterocycles. The van der Waals surface area contributed by atoms with E-state index in [9.17, 15) is 4.79 Å². The first-order valence-corrected chi connectivity index (χ1v) is 5.15. The number of methoxy groups -OCH3 is 2. The molecule has 2 N–H and O–H groups in total. The van der Waals surface area contributed by atoms with E-state index in [1.807, 2.05) is 0 Å². The van der Waals surface area contributed by atoms with Gasteiger partial charge in [0.15, 0.2) is 0 Å². The number of carbonyl (C=O) groups is 1. The summed E-state index contributed by atoms with van der Waals surface area (Å²) in [5, 5.41) is 0. The Kier molecular flexibility index (Phi) is 3.10. The highest BCUT2D eigenvalue weighted by Gasteiger charge is 2.29. The van der Waals surface area contributed by atoms with Crippen molar-refractivity contribution in [1.29, 1.82) is 0 Å². The normalized spacial score (nSPS) is 13.5. The second kappa shape index (κ2) is 4.54. The minimum atomic E-state index is -0.389. The van der Waals surface area contributed by atoms with Crippen molar-refractivity contribution >= 4 is 6.09 Å². The molecule has 1 aromatic rings. The Morgan fingerprint density at radius 2 is 2.18 bits per heavy atom. The van der Waals surface area contributed by atoms with E-state index in [0.29, 0.717) is 24.8 Å². The van der Waals surface area contributed by atoms with Gasteiger partial charge in [0.1, 0.15) is 5.82 Å². The SMILES string of the molecule is COC(=O)N1Cc2nc(CN)nc(OC)c2C1. The molecule has 92 valence electrons. The molecule has 0 fully saturated rings. The van der Waals surface area contributed by atoms with Crippen LogP contribution in [-0.2, 0) is 24.4 Å². The maximum absolute atomic E-state index is 11.4. The molecule has 7 heteroatoms. The molecule has 0 bridgehead atoms. The van der Waals surface area contributed by atoms with Gasteiger partial charge in [-0.3, -0.25) is 4.90 Å². The highest BCUT2D eigenvalue weighted by Crippen LogP contribution is 2.28. The molecule has 0 radical (unpaired) electrons. The lowest BCUT2D eigenvalue weighted by atomic mass is 10.2. The number of ether oxygens (including phenoxy) is 2. The van der Waals surface area contributed by atoms with Crippen LogP contribution in [0.15, 0.2) is 0 Å². The maximum Gasteiger partial charge on any atom is 0.410 e. The first kappa shape index (κ1) is 11.6. The van der Waals surface area contributed by atoms with Crippen LogP contribution in [-0.4, -0.2) is 35.2 Å². The Labute approximate surface area is 98.5 Å². The fraction of sp³-hybridized carbons (Fsp3) is 0.500. The van der Waals surface area contributed by atoms with Crippen LogP contribution < -0.4 is 10.5 Å². The number of hydrogen-bond donors (Lipinski definition) is 1. The second-order valence-electron chi connectivity index (χ2n) is 3.60. The van der Waals surface area contributed by atoms with Gasteiger partial charge in [-0.25, -0.2) is 9.78 Å². The number of rotatable bonds is 2. The Hall–Kier alpha value is -1.89. The monoisotopic (exact) mass is 238 g/mol. The molecule has 1 aliphatic rings. The summed E-state index contributed by atoms with van der Waals surface area (Å²) in [7, 11) is 2.88. The Morgan fingerprint density at radius 3 is 2.76 bits per heavy atom. The number of fused-ring (bicyclic) bond motifs is 1. The molecule has 17 heavy (non-hydrogen) atoms. The Bertz CT molecular complexity index is 449. The highest BCUT2D eigenvalue weighted by molar-refractivity contribution is 5.68. The van der Waals surface area contributed by atoms with E-state index in [1.165, 1.54) is 19.1 Å². The molecule has 0 aromatic carbocycles. The summed E-state index contributed by atoms with van der Waals surface area (Å²) in [5.74, 6) is 0.981. The van der Waals surface area contributed by atoms with Gasteiger partial charge in [0.05, 0.1) is 45.1 Å². The summed E-state index contributed by atoms with van der Waals surface area (Å²) >= 11 is 0. The number of nitrogens with zero attached hydrogens (tertiary/aromatic N) is 3. The fourth-order valence-electron chi connectivity index (χ4n) is 1.79. The van der Waals surface area contributed by atoms with E-state index in [1.54, 1.807) is 0 Å². The smallest absolute Gasteiger partial charge is 0.410 e. The molecule has 0 saturated carbocycles. The Balaban J connectivity index is 2.33. The van der Waals surface area contributed by atoms with Crippen molar-refractivity contribution in [1.82, 2.24) is 14.9 Å². The minimum absolute atomic E-state index is 0.238. The van der Waals surface area contributed by atoms with Gasteiger partial charge in [-0.15, -0.1) is 0 Å². The van der Waals surface area contributed by atoms with Gasteiger partial charge in [0.25, 0.3) is 0 Å². The van der Waals surface area contributed by atoms with Crippen LogP contribution in [0.1, 0.15) is 17.1 Å². The van der Waals surface area contributed by atoms with Crippen LogP contribution in [0, 0.1) is 0 Å². The lowest BCUT2D eigenvalue weighted by Crippen LogP contribution is -2.24. The summed E-state index contributed by atoms with van der Waals surface area (Å²) < 4.78 is 9.84. The zero-order chi connectivity index (χ0) is 12.4. The molecule has 2 heterocycles. The average Bonchev–Trinajstić information content (AvgIpc) is 2.80. The molecular formula is C10H14N4O3. The van der Waals surface area contributed by atoms with Crippen LogP contribution in [0.4, 0.5) is 4.79 Å². The molecular weight excluding hydrogens is 224 g/mol. The largest absolute Gasteiger partial charge is 0.481 e. The first-order chi connectivity index (χ1) is 8.19. The molecule has 1 amide bonds. The van der Waals surface area contributed by atoms with Crippen molar-refractivity contribution < 1.29 is 14.3 Å². The van der Waals surface area contributed by atoms with Crippen molar-refractivity contribution in [3.63, 3.8) is 0 Å². The predicted molar refractivity (Wildman–Crippen MR) is 58.1 cm³/mol. The molecule has 0 saturated heterocycles. The zero-order valence-electron chi connectivity index (χ0n) is 9.77. The molecule has 0 spiro atoms. The van der Waals surface area contributed by atoms with Crippen LogP contribution in [0.3, 0.4) is 0 Å². The van der Waals surface area contributed by atoms with Gasteiger partial charge in [0.2, 0.25) is 5.88 Å². The molecule has 0 aliphatic carbocycles. The van der Waals surface area contributed by atoms with Crippen LogP contribution in [0.2, 0.25) is 0 Å². The maximum atomic E-state index is 11.4. The van der Waals surface area contributed by atoms with Gasteiger partial charge in [-0.1, -0.05) is 0 Å². The number of amides is 1. The predicted octanol–water partition coefficient (Wildman–Crippen LogP) is 0.0259. The number of hydrogen-bond acceptors (Lipinski definition) is 6. The Morgan fingerprint density at radius 1 is 1.41 bits per heavy atom. The van der Waals surface area contributed by atoms with Gasteiger partial charge >= 0.3 is 6.09 Å². The fourth-order valence-corrected chi connectivity index (χ4v) is 1.79. The van der Waals surface area contributed by atoms with E-state index < -0.39 is 0 Å². The van der Waals surface area contributed by atoms with Crippen LogP contribution in [0.25, 0.3) is 0 Å². The van der Waals surface area contributed by atoms with E-state index >= 15 is 0 Å². The lowest BCUT2D eigenvalue weighted by molar-refractivity contribution is 0.123. The molecule has 0 unspecified atom stereocenters. The van der Waals surface area contributed by atoms with E-state index in [-0.39, 0.29) is 12.6 Å². The van der Waals surface area contributed by atoms with E-state index in [0.717, 1.165) is 11.3 Å². The molecule has 0 atom stereocenters. The van der Waals surface area contributed by atoms with E-state index in [2.05, 4.69) is 14.7 Å². The summed E-state index contributed by atoms with van der Waals surface area (Å²) in [4.78, 5) is 21.4. The van der Waals surface area contributed by atoms with Crippen molar-refractivity contribution in [2.24, 2.45) is 5.73 Å². The zero-order valence-corrected chi connectivity index (χ0v) is 9.77. The molecule has 7 nitrogen and oxygen atoms in total. The number of aromatic nitrogens is 2. The molecule has 2 rings (SSSR count). The topological polar surface area (TPSA) is 90.6 Å². The standard InChI is InChI=1S/C10H14N4O3/c1-16-9-6-4-14(10(15)17-2)5-7(6)12-8(3-11)13-9/h3-5,11H2,1-2H3. The minimum Gasteiger partial charge on any atom is -0.481 e. The lowest BCUT2D eigenvalue weighted by Gasteiger charge is -2.12. The summed E-state index contributed by atoms with van der Waals surface area (Å²) in [6.07, 6.45) is -0.389. The average molecular weight is 238 g/mol. The highest BCUT2D eigenvalue weighted by atomic mass is 16.5. The third-order valence-corrected chi connectivity index (χ3v) is 2.60. The molecule has 1 aliphatic heterocycles. The third-order valence-electron chi connectivity index (χ3n) is 2.60. The summed E-state index contributed by atoms with van der Waals surface area (Å²) in [5.41, 5.74) is 7.08. The van der Waals surface area contributed by atoms with Crippen molar-refractivity contribution in [2.45, 2.75) is 19.6 Å². The van der Waals surface area contributed by atoms with Gasteiger partial charge in [-0.2, -0.15) is 4.98 Å².